The molecule has 1 atom stereocenters. The predicted molar refractivity (Wildman–Crippen MR) is 83.0 cm³/mol. The Balaban J connectivity index is 2.33. The molecule has 2 rings (SSSR count). The zero-order valence-corrected chi connectivity index (χ0v) is 13.2. The zero-order chi connectivity index (χ0) is 14.4. The largest absolute Gasteiger partial charge is 0.305 e. The normalized spacial score (nSPS) is 12.6. The molecule has 4 nitrogen and oxygen atoms in total. The third kappa shape index (κ3) is 3.61. The molecule has 108 valence electrons. The molecule has 20 heavy (non-hydrogen) atoms. The molecule has 1 unspecified atom stereocenters. The van der Waals surface area contributed by atoms with E-state index in [0.717, 1.165) is 31.5 Å². The van der Waals surface area contributed by atoms with E-state index in [1.54, 1.807) is 0 Å². The maximum Gasteiger partial charge on any atom is 0.0807 e. The van der Waals surface area contributed by atoms with Gasteiger partial charge < -0.3 is 5.32 Å². The first-order valence-electron chi connectivity index (χ1n) is 7.22. The maximum absolute atomic E-state index is 4.32. The summed E-state index contributed by atoms with van der Waals surface area (Å²) >= 11 is 1.50. The first-order valence-corrected chi connectivity index (χ1v) is 7.99. The fourth-order valence-electron chi connectivity index (χ4n) is 2.23. The lowest BCUT2D eigenvalue weighted by Crippen LogP contribution is -2.23. The minimum Gasteiger partial charge on any atom is -0.305 e. The van der Waals surface area contributed by atoms with Crippen molar-refractivity contribution in [2.75, 3.05) is 6.54 Å². The van der Waals surface area contributed by atoms with Crippen LogP contribution in [0.2, 0.25) is 0 Å². The van der Waals surface area contributed by atoms with Crippen molar-refractivity contribution in [1.82, 2.24) is 19.9 Å². The van der Waals surface area contributed by atoms with Crippen molar-refractivity contribution in [1.29, 1.82) is 0 Å². The first-order chi connectivity index (χ1) is 9.76. The van der Waals surface area contributed by atoms with Gasteiger partial charge in [0.25, 0.3) is 0 Å². The Bertz CT molecular complexity index is 538. The molecule has 2 aromatic rings. The summed E-state index contributed by atoms with van der Waals surface area (Å²) in [5.74, 6) is 0. The Morgan fingerprint density at radius 3 is 2.80 bits per heavy atom. The Labute approximate surface area is 124 Å². The number of hydrogen-bond donors (Lipinski definition) is 1. The van der Waals surface area contributed by atoms with Crippen molar-refractivity contribution >= 4 is 11.5 Å². The third-order valence-corrected chi connectivity index (χ3v) is 3.99. The minimum absolute atomic E-state index is 0.156. The van der Waals surface area contributed by atoms with Gasteiger partial charge in [0.1, 0.15) is 0 Å². The van der Waals surface area contributed by atoms with Crippen LogP contribution in [-0.4, -0.2) is 21.1 Å². The molecular formula is C15H22N4S. The summed E-state index contributed by atoms with van der Waals surface area (Å²) < 4.78 is 4.15. The van der Waals surface area contributed by atoms with Crippen LogP contribution in [0.25, 0.3) is 0 Å². The van der Waals surface area contributed by atoms with Gasteiger partial charge in [-0.15, -0.1) is 5.10 Å². The van der Waals surface area contributed by atoms with Crippen molar-refractivity contribution in [2.24, 2.45) is 0 Å². The van der Waals surface area contributed by atoms with Gasteiger partial charge in [-0.1, -0.05) is 30.8 Å². The van der Waals surface area contributed by atoms with Crippen molar-refractivity contribution in [3.05, 3.63) is 40.2 Å². The minimum atomic E-state index is 0.156. The predicted octanol–water partition coefficient (Wildman–Crippen LogP) is 3.28. The van der Waals surface area contributed by atoms with Gasteiger partial charge >= 0.3 is 0 Å². The summed E-state index contributed by atoms with van der Waals surface area (Å²) in [6, 6.07) is 2.35. The van der Waals surface area contributed by atoms with Crippen LogP contribution in [0.3, 0.4) is 0 Å². The third-order valence-electron chi connectivity index (χ3n) is 3.16. The summed E-state index contributed by atoms with van der Waals surface area (Å²) in [7, 11) is 0. The molecule has 0 bridgehead atoms. The van der Waals surface area contributed by atoms with E-state index in [9.17, 15) is 0 Å². The SMILES string of the molecule is CCCNC(c1cncc(C)c1)c1snnc1CCC. The van der Waals surface area contributed by atoms with Crippen LogP contribution in [0.1, 0.15) is 54.4 Å². The number of hydrogen-bond acceptors (Lipinski definition) is 5. The highest BCUT2D eigenvalue weighted by Gasteiger charge is 2.20. The zero-order valence-electron chi connectivity index (χ0n) is 12.4. The number of aryl methyl sites for hydroxylation is 2. The van der Waals surface area contributed by atoms with Crippen molar-refractivity contribution in [3.8, 4) is 0 Å². The Morgan fingerprint density at radius 1 is 1.25 bits per heavy atom. The highest BCUT2D eigenvalue weighted by Crippen LogP contribution is 2.27. The highest BCUT2D eigenvalue weighted by molar-refractivity contribution is 7.05. The molecule has 0 aliphatic carbocycles. The quantitative estimate of drug-likeness (QED) is 0.850. The molecule has 2 aromatic heterocycles. The lowest BCUT2D eigenvalue weighted by molar-refractivity contribution is 0.597. The summed E-state index contributed by atoms with van der Waals surface area (Å²) in [5, 5.41) is 7.90. The molecular weight excluding hydrogens is 268 g/mol. The molecule has 0 fully saturated rings. The van der Waals surface area contributed by atoms with Crippen LogP contribution >= 0.6 is 11.5 Å². The van der Waals surface area contributed by atoms with Gasteiger partial charge in [0, 0.05) is 12.4 Å². The van der Waals surface area contributed by atoms with Gasteiger partial charge in [0.05, 0.1) is 16.6 Å². The van der Waals surface area contributed by atoms with Crippen molar-refractivity contribution in [2.45, 2.75) is 46.1 Å². The molecule has 1 N–H and O–H groups in total. The fraction of sp³-hybridized carbons (Fsp3) is 0.533. The van der Waals surface area contributed by atoms with Crippen molar-refractivity contribution < 1.29 is 0 Å². The second kappa shape index (κ2) is 7.45. The van der Waals surface area contributed by atoms with E-state index >= 15 is 0 Å². The van der Waals surface area contributed by atoms with Crippen LogP contribution in [0.4, 0.5) is 0 Å². The lowest BCUT2D eigenvalue weighted by atomic mass is 10.0. The number of nitrogens with one attached hydrogen (secondary N) is 1. The Hall–Kier alpha value is -1.33. The molecule has 0 aliphatic heterocycles. The number of aromatic nitrogens is 3. The number of nitrogens with zero attached hydrogens (tertiary/aromatic N) is 3. The number of pyridine rings is 1. The van der Waals surface area contributed by atoms with Crippen molar-refractivity contribution in [3.63, 3.8) is 0 Å². The fourth-order valence-corrected chi connectivity index (χ4v) is 3.03. The molecule has 2 heterocycles. The molecule has 0 aromatic carbocycles. The topological polar surface area (TPSA) is 50.7 Å². The molecule has 0 amide bonds. The Kier molecular flexibility index (Phi) is 5.61. The molecule has 0 saturated carbocycles. The van der Waals surface area contributed by atoms with Crippen LogP contribution in [-0.2, 0) is 6.42 Å². The second-order valence-electron chi connectivity index (χ2n) is 5.02. The van der Waals surface area contributed by atoms with E-state index in [1.807, 2.05) is 12.4 Å². The maximum atomic E-state index is 4.32. The van der Waals surface area contributed by atoms with Gasteiger partial charge in [0.15, 0.2) is 0 Å². The van der Waals surface area contributed by atoms with Crippen LogP contribution in [0.15, 0.2) is 18.5 Å². The summed E-state index contributed by atoms with van der Waals surface area (Å²) in [4.78, 5) is 5.55. The second-order valence-corrected chi connectivity index (χ2v) is 5.80. The molecule has 0 spiro atoms. The standard InChI is InChI=1S/C15H22N4S/c1-4-6-13-15(20-19-18-13)14(17-7-5-2)12-8-11(3)9-16-10-12/h8-10,14,17H,4-7H2,1-3H3. The number of rotatable bonds is 7. The highest BCUT2D eigenvalue weighted by atomic mass is 32.1. The lowest BCUT2D eigenvalue weighted by Gasteiger charge is -2.18. The van der Waals surface area contributed by atoms with Gasteiger partial charge in [-0.2, -0.15) is 0 Å². The van der Waals surface area contributed by atoms with Gasteiger partial charge in [-0.05, 0) is 49.0 Å². The molecule has 0 saturated heterocycles. The first kappa shape index (κ1) is 15.1. The van der Waals surface area contributed by atoms with Gasteiger partial charge in [-0.3, -0.25) is 4.98 Å². The average Bonchev–Trinajstić information content (AvgIpc) is 2.88. The average molecular weight is 290 g/mol. The van der Waals surface area contributed by atoms with E-state index in [-0.39, 0.29) is 6.04 Å². The summed E-state index contributed by atoms with van der Waals surface area (Å²) in [5.41, 5.74) is 3.50. The van der Waals surface area contributed by atoms with Crippen LogP contribution < -0.4 is 5.32 Å². The molecule has 0 aliphatic rings. The van der Waals surface area contributed by atoms with Crippen LogP contribution in [0.5, 0.6) is 0 Å². The van der Waals surface area contributed by atoms with E-state index in [4.69, 9.17) is 0 Å². The van der Waals surface area contributed by atoms with E-state index in [2.05, 4.69) is 46.7 Å². The van der Waals surface area contributed by atoms with Gasteiger partial charge in [0.2, 0.25) is 0 Å². The summed E-state index contributed by atoms with van der Waals surface area (Å²) in [6.07, 6.45) is 7.00. The summed E-state index contributed by atoms with van der Waals surface area (Å²) in [6.45, 7) is 7.40. The van der Waals surface area contributed by atoms with Crippen LogP contribution in [0, 0.1) is 6.92 Å². The molecule has 5 heteroatoms. The monoisotopic (exact) mass is 290 g/mol. The van der Waals surface area contributed by atoms with E-state index < -0.39 is 0 Å². The van der Waals surface area contributed by atoms with Gasteiger partial charge in [-0.25, -0.2) is 0 Å². The van der Waals surface area contributed by atoms with E-state index in [0.29, 0.717) is 0 Å². The molecule has 0 radical (unpaired) electrons. The Morgan fingerprint density at radius 2 is 2.10 bits per heavy atom. The smallest absolute Gasteiger partial charge is 0.0807 e. The van der Waals surface area contributed by atoms with E-state index in [1.165, 1.54) is 27.5 Å².